The van der Waals surface area contributed by atoms with Crippen molar-refractivity contribution in [2.24, 2.45) is 0 Å². The molecule has 0 atom stereocenters. The Morgan fingerprint density at radius 3 is 2.39 bits per heavy atom. The topological polar surface area (TPSA) is 108 Å². The zero-order chi connectivity index (χ0) is 17.0. The Morgan fingerprint density at radius 2 is 1.78 bits per heavy atom. The van der Waals surface area contributed by atoms with Gasteiger partial charge in [0.1, 0.15) is 22.5 Å². The molecule has 3 aromatic rings. The first-order valence-electron chi connectivity index (χ1n) is 6.27. The molecule has 118 valence electrons. The van der Waals surface area contributed by atoms with Gasteiger partial charge in [-0.3, -0.25) is 4.79 Å². The van der Waals surface area contributed by atoms with E-state index in [0.29, 0.717) is 5.56 Å². The summed E-state index contributed by atoms with van der Waals surface area (Å²) in [6, 6.07) is 2.02. The maximum atomic E-state index is 12.7. The lowest BCUT2D eigenvalue weighted by Gasteiger charge is -2.10. The summed E-state index contributed by atoms with van der Waals surface area (Å²) in [5.74, 6) is -2.35. The average Bonchev–Trinajstić information content (AvgIpc) is 2.49. The molecule has 1 aromatic heterocycles. The first kappa shape index (κ1) is 15.5. The minimum Gasteiger partial charge on any atom is -0.508 e. The number of carbonyl (C=O) groups is 1. The van der Waals surface area contributed by atoms with Gasteiger partial charge >= 0.3 is 5.97 Å². The van der Waals surface area contributed by atoms with E-state index in [1.165, 1.54) is 6.92 Å². The monoisotopic (exact) mass is 354 g/mol. The molecule has 2 aromatic carbocycles. The molecule has 3 rings (SSSR count). The fraction of sp³-hybridized carbons (Fsp3) is 0.0667. The molecule has 0 amide bonds. The summed E-state index contributed by atoms with van der Waals surface area (Å²) in [7, 11) is 0. The summed E-state index contributed by atoms with van der Waals surface area (Å²) in [4.78, 5) is 24.0. The number of hydrogen-bond acceptors (Lipinski definition) is 5. The smallest absolute Gasteiger partial charge is 0.336 e. The minimum absolute atomic E-state index is 0.0158. The first-order chi connectivity index (χ1) is 10.7. The van der Waals surface area contributed by atoms with Crippen molar-refractivity contribution >= 4 is 51.1 Å². The van der Waals surface area contributed by atoms with Gasteiger partial charge < -0.3 is 19.7 Å². The van der Waals surface area contributed by atoms with Crippen LogP contribution in [0.5, 0.6) is 11.5 Å². The second kappa shape index (κ2) is 5.04. The van der Waals surface area contributed by atoms with E-state index in [1.54, 1.807) is 0 Å². The number of rotatable bonds is 1. The van der Waals surface area contributed by atoms with Crippen molar-refractivity contribution in [1.82, 2.24) is 0 Å². The number of phenols is 2. The van der Waals surface area contributed by atoms with Crippen molar-refractivity contribution in [2.45, 2.75) is 6.92 Å². The molecule has 0 radical (unpaired) electrons. The molecule has 0 aliphatic rings. The standard InChI is InChI=1S/C15H8Cl2O6/c1-4-10(16)13(20)9-12(19)8-6(15(21)22)2-5(18)3-7(8)23-14(9)11(4)17/h2-3,18,20H,1H3,(H,21,22). The highest BCUT2D eigenvalue weighted by Gasteiger charge is 2.23. The van der Waals surface area contributed by atoms with E-state index in [-0.39, 0.29) is 37.7 Å². The maximum Gasteiger partial charge on any atom is 0.336 e. The van der Waals surface area contributed by atoms with Crippen LogP contribution in [0.25, 0.3) is 21.9 Å². The molecule has 0 aliphatic heterocycles. The predicted molar refractivity (Wildman–Crippen MR) is 85.0 cm³/mol. The summed E-state index contributed by atoms with van der Waals surface area (Å²) in [6.45, 7) is 1.53. The number of hydrogen-bond donors (Lipinski definition) is 3. The van der Waals surface area contributed by atoms with Crippen LogP contribution in [0.3, 0.4) is 0 Å². The van der Waals surface area contributed by atoms with E-state index in [0.717, 1.165) is 12.1 Å². The molecule has 0 bridgehead atoms. The molecule has 0 fully saturated rings. The molecule has 8 heteroatoms. The number of aromatic carboxylic acids is 1. The van der Waals surface area contributed by atoms with E-state index < -0.39 is 22.7 Å². The van der Waals surface area contributed by atoms with Gasteiger partial charge in [0.25, 0.3) is 0 Å². The molecule has 3 N–H and O–H groups in total. The molecule has 0 aliphatic carbocycles. The van der Waals surface area contributed by atoms with E-state index in [2.05, 4.69) is 0 Å². The van der Waals surface area contributed by atoms with Crippen LogP contribution in [0.2, 0.25) is 10.0 Å². The normalized spacial score (nSPS) is 11.3. The Labute approximate surface area is 138 Å². The van der Waals surface area contributed by atoms with Crippen molar-refractivity contribution in [2.75, 3.05) is 0 Å². The van der Waals surface area contributed by atoms with E-state index in [4.69, 9.17) is 27.6 Å². The lowest BCUT2D eigenvalue weighted by molar-refractivity contribution is 0.0698. The van der Waals surface area contributed by atoms with Crippen molar-refractivity contribution in [1.29, 1.82) is 0 Å². The third-order valence-corrected chi connectivity index (χ3v) is 4.43. The van der Waals surface area contributed by atoms with Crippen molar-refractivity contribution in [3.63, 3.8) is 0 Å². The second-order valence-corrected chi connectivity index (χ2v) is 5.66. The molecule has 6 nitrogen and oxygen atoms in total. The van der Waals surface area contributed by atoms with Gasteiger partial charge in [-0.2, -0.15) is 0 Å². The largest absolute Gasteiger partial charge is 0.508 e. The molecule has 1 heterocycles. The number of benzene rings is 2. The second-order valence-electron chi connectivity index (χ2n) is 4.91. The lowest BCUT2D eigenvalue weighted by Crippen LogP contribution is -2.09. The van der Waals surface area contributed by atoms with E-state index in [1.807, 2.05) is 0 Å². The Balaban J connectivity index is 2.70. The van der Waals surface area contributed by atoms with Crippen molar-refractivity contribution < 1.29 is 24.5 Å². The van der Waals surface area contributed by atoms with Gasteiger partial charge in [0.05, 0.1) is 21.0 Å². The molecular formula is C15H8Cl2O6. The van der Waals surface area contributed by atoms with E-state index >= 15 is 0 Å². The number of phenolic OH excluding ortho intramolecular Hbond substituents is 2. The summed E-state index contributed by atoms with van der Waals surface area (Å²) < 4.78 is 5.47. The Bertz CT molecular complexity index is 1070. The first-order valence-corrected chi connectivity index (χ1v) is 7.03. The average molecular weight is 355 g/mol. The summed E-state index contributed by atoms with van der Waals surface area (Å²) >= 11 is 12.1. The highest BCUT2D eigenvalue weighted by molar-refractivity contribution is 6.40. The third kappa shape index (κ3) is 2.10. The lowest BCUT2D eigenvalue weighted by atomic mass is 10.0. The highest BCUT2D eigenvalue weighted by Crippen LogP contribution is 2.41. The highest BCUT2D eigenvalue weighted by atomic mass is 35.5. The van der Waals surface area contributed by atoms with Crippen LogP contribution in [0, 0.1) is 6.92 Å². The number of carboxylic acids is 1. The van der Waals surface area contributed by atoms with Crippen molar-refractivity contribution in [3.8, 4) is 11.5 Å². The minimum atomic E-state index is -1.43. The quantitative estimate of drug-likeness (QED) is 0.575. The summed E-state index contributed by atoms with van der Waals surface area (Å²) in [5, 5.41) is 28.3. The Morgan fingerprint density at radius 1 is 1.13 bits per heavy atom. The van der Waals surface area contributed by atoms with Crippen LogP contribution in [0.4, 0.5) is 0 Å². The van der Waals surface area contributed by atoms with Gasteiger partial charge in [0.15, 0.2) is 5.58 Å². The summed E-state index contributed by atoms with van der Waals surface area (Å²) in [5.41, 5.74) is -1.25. The SMILES string of the molecule is Cc1c(Cl)c(O)c2c(=O)c3c(C(=O)O)cc(O)cc3oc2c1Cl. The third-order valence-electron chi connectivity index (χ3n) is 3.51. The zero-order valence-electron chi connectivity index (χ0n) is 11.5. The number of fused-ring (bicyclic) bond motifs is 2. The van der Waals surface area contributed by atoms with Gasteiger partial charge in [0, 0.05) is 6.07 Å². The van der Waals surface area contributed by atoms with Gasteiger partial charge in [-0.25, -0.2) is 4.79 Å². The van der Waals surface area contributed by atoms with Gasteiger partial charge in [-0.05, 0) is 18.6 Å². The predicted octanol–water partition coefficient (Wildman–Crippen LogP) is 3.67. The zero-order valence-corrected chi connectivity index (χ0v) is 13.0. The maximum absolute atomic E-state index is 12.7. The fourth-order valence-electron chi connectivity index (χ4n) is 2.40. The van der Waals surface area contributed by atoms with Crippen LogP contribution in [-0.4, -0.2) is 21.3 Å². The van der Waals surface area contributed by atoms with Crippen LogP contribution in [0.1, 0.15) is 15.9 Å². The number of aromatic hydroxyl groups is 2. The van der Waals surface area contributed by atoms with Gasteiger partial charge in [-0.1, -0.05) is 23.2 Å². The summed E-state index contributed by atoms with van der Waals surface area (Å²) in [6.07, 6.45) is 0. The fourth-order valence-corrected chi connectivity index (χ4v) is 2.86. The molecule has 0 saturated carbocycles. The Kier molecular flexibility index (Phi) is 3.39. The van der Waals surface area contributed by atoms with Crippen molar-refractivity contribution in [3.05, 3.63) is 43.5 Å². The van der Waals surface area contributed by atoms with Gasteiger partial charge in [0.2, 0.25) is 5.43 Å². The van der Waals surface area contributed by atoms with Crippen LogP contribution < -0.4 is 5.43 Å². The molecular weight excluding hydrogens is 347 g/mol. The van der Waals surface area contributed by atoms with Crippen LogP contribution in [0.15, 0.2) is 21.3 Å². The van der Waals surface area contributed by atoms with Gasteiger partial charge in [-0.15, -0.1) is 0 Å². The Hall–Kier alpha value is -2.44. The van der Waals surface area contributed by atoms with Crippen LogP contribution in [-0.2, 0) is 0 Å². The van der Waals surface area contributed by atoms with Crippen LogP contribution >= 0.6 is 23.2 Å². The molecule has 23 heavy (non-hydrogen) atoms. The number of halogens is 2. The number of carboxylic acid groups (broad SMARTS) is 1. The molecule has 0 spiro atoms. The molecule has 0 saturated heterocycles. The molecule has 0 unspecified atom stereocenters. The van der Waals surface area contributed by atoms with E-state index in [9.17, 15) is 24.9 Å².